The van der Waals surface area contributed by atoms with Crippen LogP contribution in [-0.2, 0) is 4.74 Å². The molecule has 0 bridgehead atoms. The van der Waals surface area contributed by atoms with Crippen LogP contribution in [0.3, 0.4) is 0 Å². The molecule has 0 aromatic carbocycles. The monoisotopic (exact) mass is 115 g/mol. The topological polar surface area (TPSA) is 41.8 Å². The molecule has 0 saturated carbocycles. The Morgan fingerprint density at radius 2 is 2.62 bits per heavy atom. The Hall–Kier alpha value is -0.570. The van der Waals surface area contributed by atoms with Crippen molar-refractivity contribution < 1.29 is 9.84 Å². The van der Waals surface area contributed by atoms with E-state index < -0.39 is 0 Å². The van der Waals surface area contributed by atoms with E-state index in [0.29, 0.717) is 0 Å². The minimum atomic E-state index is -0.0324. The Balaban J connectivity index is 2.41. The number of aliphatic hydroxyl groups is 1. The minimum absolute atomic E-state index is 0.0324. The van der Waals surface area contributed by atoms with Gasteiger partial charge < -0.3 is 9.84 Å². The lowest BCUT2D eigenvalue weighted by Gasteiger charge is -2.07. The van der Waals surface area contributed by atoms with Crippen molar-refractivity contribution in [1.82, 2.24) is 0 Å². The molecule has 2 atom stereocenters. The molecule has 1 aliphatic rings. The van der Waals surface area contributed by atoms with Crippen molar-refractivity contribution in [3.05, 3.63) is 0 Å². The smallest absolute Gasteiger partial charge is 0.170 e. The molecular weight excluding hydrogens is 106 g/mol. The second-order valence-electron chi connectivity index (χ2n) is 1.85. The highest BCUT2D eigenvalue weighted by Crippen LogP contribution is 2.06. The zero-order valence-corrected chi connectivity index (χ0v) is 4.74. The van der Waals surface area contributed by atoms with Crippen molar-refractivity contribution in [2.75, 3.05) is 6.61 Å². The van der Waals surface area contributed by atoms with Crippen molar-refractivity contribution in [3.8, 4) is 0 Å². The third-order valence-electron chi connectivity index (χ3n) is 1.26. The zero-order valence-electron chi connectivity index (χ0n) is 4.74. The molecule has 1 aliphatic heterocycles. The van der Waals surface area contributed by atoms with E-state index >= 15 is 0 Å². The van der Waals surface area contributed by atoms with Crippen LogP contribution in [-0.4, -0.2) is 30.3 Å². The number of hydrogen-bond donors (Lipinski definition) is 1. The maximum Gasteiger partial charge on any atom is 0.170 e. The number of rotatable bonds is 1. The maximum atomic E-state index is 8.54. The Morgan fingerprint density at radius 1 is 1.88 bits per heavy atom. The fourth-order valence-corrected chi connectivity index (χ4v) is 0.617. The van der Waals surface area contributed by atoms with Crippen molar-refractivity contribution in [2.45, 2.75) is 19.1 Å². The van der Waals surface area contributed by atoms with E-state index in [1.165, 1.54) is 6.40 Å². The highest BCUT2D eigenvalue weighted by Gasteiger charge is 2.19. The van der Waals surface area contributed by atoms with E-state index in [-0.39, 0.29) is 18.8 Å². The van der Waals surface area contributed by atoms with E-state index in [9.17, 15) is 0 Å². The number of hydrogen-bond acceptors (Lipinski definition) is 3. The van der Waals surface area contributed by atoms with Gasteiger partial charge in [0.1, 0.15) is 12.1 Å². The van der Waals surface area contributed by atoms with Gasteiger partial charge in [0.25, 0.3) is 0 Å². The van der Waals surface area contributed by atoms with Crippen molar-refractivity contribution >= 4 is 6.40 Å². The van der Waals surface area contributed by atoms with Gasteiger partial charge in [0, 0.05) is 0 Å². The van der Waals surface area contributed by atoms with Gasteiger partial charge >= 0.3 is 0 Å². The van der Waals surface area contributed by atoms with Gasteiger partial charge in [0.2, 0.25) is 0 Å². The van der Waals surface area contributed by atoms with Crippen LogP contribution in [0.4, 0.5) is 0 Å². The Bertz CT molecular complexity index is 103. The van der Waals surface area contributed by atoms with Crippen LogP contribution in [0.1, 0.15) is 6.92 Å². The molecule has 0 spiro atoms. The first kappa shape index (κ1) is 5.56. The van der Waals surface area contributed by atoms with Gasteiger partial charge in [-0.05, 0) is 6.92 Å². The van der Waals surface area contributed by atoms with Crippen LogP contribution >= 0.6 is 0 Å². The van der Waals surface area contributed by atoms with E-state index in [4.69, 9.17) is 9.84 Å². The number of aliphatic imine (C=N–C) groups is 1. The molecule has 3 nitrogen and oxygen atoms in total. The van der Waals surface area contributed by atoms with Crippen LogP contribution in [0, 0.1) is 0 Å². The molecule has 0 aromatic rings. The summed E-state index contributed by atoms with van der Waals surface area (Å²) in [6.45, 7) is 1.96. The molecule has 0 unspecified atom stereocenters. The summed E-state index contributed by atoms with van der Waals surface area (Å²) in [5.74, 6) is 0. The predicted molar refractivity (Wildman–Crippen MR) is 29.9 cm³/mol. The Kier molecular flexibility index (Phi) is 1.48. The molecule has 0 saturated heterocycles. The number of ether oxygens (including phenoxy) is 1. The van der Waals surface area contributed by atoms with Crippen LogP contribution in [0.5, 0.6) is 0 Å². The maximum absolute atomic E-state index is 8.54. The summed E-state index contributed by atoms with van der Waals surface area (Å²) >= 11 is 0. The van der Waals surface area contributed by atoms with Gasteiger partial charge in [-0.1, -0.05) is 0 Å². The van der Waals surface area contributed by atoms with Crippen LogP contribution in [0.15, 0.2) is 4.99 Å². The van der Waals surface area contributed by atoms with E-state index in [1.807, 2.05) is 6.92 Å². The minimum Gasteiger partial charge on any atom is -0.478 e. The van der Waals surface area contributed by atoms with Gasteiger partial charge in [0.15, 0.2) is 6.40 Å². The average molecular weight is 115 g/mol. The van der Waals surface area contributed by atoms with Crippen molar-refractivity contribution in [2.24, 2.45) is 4.99 Å². The molecule has 0 aromatic heterocycles. The second-order valence-corrected chi connectivity index (χ2v) is 1.85. The largest absolute Gasteiger partial charge is 0.478 e. The van der Waals surface area contributed by atoms with E-state index in [1.54, 1.807) is 0 Å². The van der Waals surface area contributed by atoms with Crippen LogP contribution < -0.4 is 0 Å². The van der Waals surface area contributed by atoms with E-state index in [0.717, 1.165) is 0 Å². The normalized spacial score (nSPS) is 35.2. The molecular formula is C5H9NO2. The lowest BCUT2D eigenvalue weighted by Crippen LogP contribution is -2.21. The molecule has 1 heterocycles. The third kappa shape index (κ3) is 0.816. The SMILES string of the molecule is C[C@@H]1OC=N[C@@H]1CO. The molecule has 0 aliphatic carbocycles. The molecule has 8 heavy (non-hydrogen) atoms. The third-order valence-corrected chi connectivity index (χ3v) is 1.26. The fourth-order valence-electron chi connectivity index (χ4n) is 0.617. The molecule has 46 valence electrons. The van der Waals surface area contributed by atoms with E-state index in [2.05, 4.69) is 4.99 Å². The Morgan fingerprint density at radius 3 is 2.88 bits per heavy atom. The quantitative estimate of drug-likeness (QED) is 0.514. The van der Waals surface area contributed by atoms with Crippen molar-refractivity contribution in [1.29, 1.82) is 0 Å². The highest BCUT2D eigenvalue weighted by molar-refractivity contribution is 5.49. The lowest BCUT2D eigenvalue weighted by atomic mass is 10.2. The number of aliphatic hydroxyl groups excluding tert-OH is 1. The molecule has 0 amide bonds. The summed E-state index contributed by atoms with van der Waals surface area (Å²) in [6.07, 6.45) is 1.45. The summed E-state index contributed by atoms with van der Waals surface area (Å²) in [7, 11) is 0. The van der Waals surface area contributed by atoms with Gasteiger partial charge in [-0.15, -0.1) is 0 Å². The van der Waals surface area contributed by atoms with Gasteiger partial charge in [-0.25, -0.2) is 4.99 Å². The Labute approximate surface area is 48.0 Å². The first-order valence-corrected chi connectivity index (χ1v) is 2.62. The number of nitrogens with zero attached hydrogens (tertiary/aromatic N) is 1. The average Bonchev–Trinajstić information content (AvgIpc) is 2.14. The van der Waals surface area contributed by atoms with Gasteiger partial charge in [-0.3, -0.25) is 0 Å². The molecule has 1 N–H and O–H groups in total. The lowest BCUT2D eigenvalue weighted by molar-refractivity contribution is 0.168. The summed E-state index contributed by atoms with van der Waals surface area (Å²) in [5, 5.41) is 8.54. The highest BCUT2D eigenvalue weighted by atomic mass is 16.5. The molecule has 0 radical (unpaired) electrons. The summed E-state index contributed by atoms with van der Waals surface area (Å²) in [4.78, 5) is 3.84. The van der Waals surface area contributed by atoms with Crippen molar-refractivity contribution in [3.63, 3.8) is 0 Å². The van der Waals surface area contributed by atoms with Crippen LogP contribution in [0.25, 0.3) is 0 Å². The summed E-state index contributed by atoms with van der Waals surface area (Å²) in [5.41, 5.74) is 0. The molecule has 0 fully saturated rings. The molecule has 3 heteroatoms. The predicted octanol–water partition coefficient (Wildman–Crippen LogP) is -0.206. The first-order chi connectivity index (χ1) is 3.84. The summed E-state index contributed by atoms with van der Waals surface area (Å²) < 4.78 is 4.90. The van der Waals surface area contributed by atoms with Gasteiger partial charge in [0.05, 0.1) is 6.61 Å². The second kappa shape index (κ2) is 2.13. The standard InChI is InChI=1S/C5H9NO2/c1-4-5(2-7)6-3-8-4/h3-5,7H,2H2,1H3/t4-,5+/m0/s1. The summed E-state index contributed by atoms with van der Waals surface area (Å²) in [6, 6.07) is -0.0324. The van der Waals surface area contributed by atoms with Crippen LogP contribution in [0.2, 0.25) is 0 Å². The molecule has 1 rings (SSSR count). The van der Waals surface area contributed by atoms with Gasteiger partial charge in [-0.2, -0.15) is 0 Å². The fraction of sp³-hybridized carbons (Fsp3) is 0.800. The first-order valence-electron chi connectivity index (χ1n) is 2.62. The zero-order chi connectivity index (χ0) is 5.98.